The summed E-state index contributed by atoms with van der Waals surface area (Å²) >= 11 is 1.30. The fraction of sp³-hybridized carbons (Fsp3) is 0.500. The van der Waals surface area contributed by atoms with Gasteiger partial charge in [0.05, 0.1) is 6.61 Å². The van der Waals surface area contributed by atoms with E-state index in [0.717, 1.165) is 0 Å². The number of nitrogens with one attached hydrogen (secondary N) is 2. The van der Waals surface area contributed by atoms with Crippen LogP contribution in [-0.2, 0) is 9.53 Å². The quantitative estimate of drug-likeness (QED) is 0.544. The summed E-state index contributed by atoms with van der Waals surface area (Å²) in [5, 5.41) is 18.5. The van der Waals surface area contributed by atoms with E-state index in [4.69, 9.17) is 15.3 Å². The lowest BCUT2D eigenvalue weighted by molar-refractivity contribution is -0.122. The molecule has 0 aromatic heterocycles. The maximum absolute atomic E-state index is 11.5. The van der Waals surface area contributed by atoms with Crippen LogP contribution in [0.2, 0.25) is 0 Å². The number of carbonyl (C=O) groups is 1. The molecule has 0 radical (unpaired) electrons. The fourth-order valence-corrected chi connectivity index (χ4v) is 2.26. The van der Waals surface area contributed by atoms with Crippen molar-refractivity contribution in [2.24, 2.45) is 0 Å². The van der Waals surface area contributed by atoms with Gasteiger partial charge in [-0.3, -0.25) is 10.2 Å². The van der Waals surface area contributed by atoms with Gasteiger partial charge in [-0.1, -0.05) is 6.08 Å². The van der Waals surface area contributed by atoms with E-state index in [0.29, 0.717) is 6.73 Å². The molecule has 2 aliphatic rings. The van der Waals surface area contributed by atoms with E-state index in [1.807, 2.05) is 0 Å². The van der Waals surface area contributed by atoms with Gasteiger partial charge in [0.25, 0.3) is 0 Å². The molecular formula is C8H11N3O3S. The largest absolute Gasteiger partial charge is 0.393 e. The second-order valence-electron chi connectivity index (χ2n) is 3.14. The van der Waals surface area contributed by atoms with Crippen LogP contribution in [0.3, 0.4) is 0 Å². The highest BCUT2D eigenvalue weighted by Gasteiger charge is 2.33. The van der Waals surface area contributed by atoms with Gasteiger partial charge >= 0.3 is 0 Å². The molecule has 2 aliphatic heterocycles. The number of aliphatic hydroxyl groups is 1. The van der Waals surface area contributed by atoms with Gasteiger partial charge in [-0.2, -0.15) is 0 Å². The zero-order valence-corrected chi connectivity index (χ0v) is 8.66. The minimum Gasteiger partial charge on any atom is -0.393 e. The van der Waals surface area contributed by atoms with Crippen molar-refractivity contribution in [2.75, 3.05) is 13.3 Å². The first kappa shape index (κ1) is 10.6. The number of amides is 1. The molecule has 0 aliphatic carbocycles. The van der Waals surface area contributed by atoms with E-state index in [1.165, 1.54) is 11.9 Å². The van der Waals surface area contributed by atoms with Gasteiger partial charge in [-0.05, 0) is 18.0 Å². The molecule has 2 rings (SSSR count). The molecule has 1 amide bonds. The molecule has 1 unspecified atom stereocenters. The zero-order valence-electron chi connectivity index (χ0n) is 7.84. The Morgan fingerprint density at radius 1 is 1.80 bits per heavy atom. The summed E-state index contributed by atoms with van der Waals surface area (Å²) in [6.45, 7) is 0.223. The summed E-state index contributed by atoms with van der Waals surface area (Å²) < 4.78 is 6.95. The molecule has 15 heavy (non-hydrogen) atoms. The minimum atomic E-state index is -0.430. The van der Waals surface area contributed by atoms with Crippen molar-refractivity contribution in [1.82, 2.24) is 9.62 Å². The molecule has 0 saturated carbocycles. The standard InChI is InChI=1S/C8H11N3O3S/c9-6-2-1-5(8(13)10-6)11-4-14-7(3-12)15-11/h1-2,5,7,12H,3-4H2,(H2,9,10,13)/t5?,7-/m1/s1. The smallest absolute Gasteiger partial charge is 0.247 e. The monoisotopic (exact) mass is 229 g/mol. The van der Waals surface area contributed by atoms with Crippen molar-refractivity contribution in [2.45, 2.75) is 11.5 Å². The predicted molar refractivity (Wildman–Crippen MR) is 55.1 cm³/mol. The molecule has 3 N–H and O–H groups in total. The zero-order chi connectivity index (χ0) is 10.8. The van der Waals surface area contributed by atoms with Crippen LogP contribution in [0.5, 0.6) is 0 Å². The van der Waals surface area contributed by atoms with E-state index in [2.05, 4.69) is 5.32 Å². The second-order valence-corrected chi connectivity index (χ2v) is 4.34. The summed E-state index contributed by atoms with van der Waals surface area (Å²) in [6, 6.07) is -0.430. The average molecular weight is 229 g/mol. The SMILES string of the molecule is N=C1C=CC(N2CO[C@@H](CO)S2)C(=O)N1. The Hall–Kier alpha value is -0.890. The van der Waals surface area contributed by atoms with Crippen molar-refractivity contribution in [1.29, 1.82) is 5.41 Å². The Morgan fingerprint density at radius 2 is 2.60 bits per heavy atom. The molecule has 7 heteroatoms. The number of amidine groups is 1. The van der Waals surface area contributed by atoms with Gasteiger partial charge in [0.15, 0.2) is 0 Å². The van der Waals surface area contributed by atoms with Gasteiger partial charge in [-0.15, -0.1) is 0 Å². The van der Waals surface area contributed by atoms with Crippen LogP contribution in [0.4, 0.5) is 0 Å². The molecule has 1 saturated heterocycles. The third-order valence-corrected chi connectivity index (χ3v) is 3.20. The van der Waals surface area contributed by atoms with Crippen molar-refractivity contribution >= 4 is 23.7 Å². The molecule has 0 aromatic carbocycles. The Labute approximate surface area is 90.9 Å². The Morgan fingerprint density at radius 3 is 3.20 bits per heavy atom. The van der Waals surface area contributed by atoms with Crippen LogP contribution in [0.15, 0.2) is 12.2 Å². The van der Waals surface area contributed by atoms with Crippen LogP contribution in [-0.4, -0.2) is 46.0 Å². The van der Waals surface area contributed by atoms with Crippen molar-refractivity contribution in [3.63, 3.8) is 0 Å². The first-order valence-electron chi connectivity index (χ1n) is 4.44. The number of ether oxygens (including phenoxy) is 1. The average Bonchev–Trinajstić information content (AvgIpc) is 2.66. The summed E-state index contributed by atoms with van der Waals surface area (Å²) in [5.41, 5.74) is -0.299. The minimum absolute atomic E-state index is 0.0744. The van der Waals surface area contributed by atoms with Crippen LogP contribution in [0, 0.1) is 5.41 Å². The Bertz CT molecular complexity index is 320. The lowest BCUT2D eigenvalue weighted by atomic mass is 10.2. The van der Waals surface area contributed by atoms with E-state index in [9.17, 15) is 4.79 Å². The van der Waals surface area contributed by atoms with Gasteiger partial charge in [0, 0.05) is 0 Å². The van der Waals surface area contributed by atoms with Gasteiger partial charge in [0.1, 0.15) is 24.0 Å². The molecule has 0 aromatic rings. The molecule has 6 nitrogen and oxygen atoms in total. The maximum Gasteiger partial charge on any atom is 0.247 e. The van der Waals surface area contributed by atoms with Crippen LogP contribution >= 0.6 is 11.9 Å². The Kier molecular flexibility index (Phi) is 3.06. The van der Waals surface area contributed by atoms with Crippen LogP contribution < -0.4 is 5.32 Å². The fourth-order valence-electron chi connectivity index (χ4n) is 1.35. The summed E-state index contributed by atoms with van der Waals surface area (Å²) in [7, 11) is 0. The van der Waals surface area contributed by atoms with Crippen molar-refractivity contribution in [3.05, 3.63) is 12.2 Å². The number of nitrogens with zero attached hydrogens (tertiary/aromatic N) is 1. The first-order chi connectivity index (χ1) is 7.20. The Balaban J connectivity index is 2.02. The van der Waals surface area contributed by atoms with Crippen LogP contribution in [0.1, 0.15) is 0 Å². The van der Waals surface area contributed by atoms with Crippen LogP contribution in [0.25, 0.3) is 0 Å². The highest BCUT2D eigenvalue weighted by atomic mass is 32.2. The molecule has 82 valence electrons. The first-order valence-corrected chi connectivity index (χ1v) is 5.28. The number of hydrogen-bond donors (Lipinski definition) is 3. The number of carbonyl (C=O) groups excluding carboxylic acids is 1. The third kappa shape index (κ3) is 2.20. The summed E-state index contributed by atoms with van der Waals surface area (Å²) in [5.74, 6) is -0.141. The highest BCUT2D eigenvalue weighted by Crippen LogP contribution is 2.28. The van der Waals surface area contributed by atoms with E-state index in [1.54, 1.807) is 16.5 Å². The number of rotatable bonds is 2. The molecule has 2 atom stereocenters. The second kappa shape index (κ2) is 4.31. The molecule has 1 fully saturated rings. The summed E-state index contributed by atoms with van der Waals surface area (Å²) in [6.07, 6.45) is 3.19. The lowest BCUT2D eigenvalue weighted by Gasteiger charge is -2.23. The van der Waals surface area contributed by atoms with Gasteiger partial charge < -0.3 is 15.2 Å². The van der Waals surface area contributed by atoms with E-state index >= 15 is 0 Å². The van der Waals surface area contributed by atoms with Gasteiger partial charge in [-0.25, -0.2) is 4.31 Å². The highest BCUT2D eigenvalue weighted by molar-refractivity contribution is 7.97. The number of aliphatic hydroxyl groups excluding tert-OH is 1. The van der Waals surface area contributed by atoms with E-state index in [-0.39, 0.29) is 23.8 Å². The third-order valence-electron chi connectivity index (χ3n) is 2.07. The molecule has 0 bridgehead atoms. The predicted octanol–water partition coefficient (Wildman–Crippen LogP) is -0.725. The normalized spacial score (nSPS) is 32.1. The molecule has 0 spiro atoms. The van der Waals surface area contributed by atoms with E-state index < -0.39 is 6.04 Å². The summed E-state index contributed by atoms with van der Waals surface area (Å²) in [4.78, 5) is 11.5. The van der Waals surface area contributed by atoms with Gasteiger partial charge in [0.2, 0.25) is 5.91 Å². The van der Waals surface area contributed by atoms with Crippen molar-refractivity contribution < 1.29 is 14.6 Å². The molecule has 2 heterocycles. The molecular weight excluding hydrogens is 218 g/mol. The maximum atomic E-state index is 11.5. The number of hydrogen-bond acceptors (Lipinski definition) is 6. The van der Waals surface area contributed by atoms with Crippen molar-refractivity contribution in [3.8, 4) is 0 Å². The lowest BCUT2D eigenvalue weighted by Crippen LogP contribution is -2.46. The topological polar surface area (TPSA) is 85.7 Å².